The summed E-state index contributed by atoms with van der Waals surface area (Å²) in [6, 6.07) is 14.6. The molecule has 0 aliphatic carbocycles. The van der Waals surface area contributed by atoms with Crippen molar-refractivity contribution in [1.29, 1.82) is 0 Å². The first kappa shape index (κ1) is 17.3. The van der Waals surface area contributed by atoms with Crippen LogP contribution >= 0.6 is 11.6 Å². The van der Waals surface area contributed by atoms with Crippen LogP contribution in [0.15, 0.2) is 48.5 Å². The van der Waals surface area contributed by atoms with E-state index in [4.69, 9.17) is 11.6 Å². The van der Waals surface area contributed by atoms with Gasteiger partial charge in [-0.15, -0.1) is 0 Å². The molecule has 0 radical (unpaired) electrons. The minimum Gasteiger partial charge on any atom is -0.323 e. The lowest BCUT2D eigenvalue weighted by Crippen LogP contribution is -2.32. The second-order valence-electron chi connectivity index (χ2n) is 6.08. The quantitative estimate of drug-likeness (QED) is 0.894. The molecule has 3 amide bonds. The molecule has 5 nitrogen and oxygen atoms in total. The fourth-order valence-corrected chi connectivity index (χ4v) is 3.12. The lowest BCUT2D eigenvalue weighted by Gasteiger charge is -2.23. The molecule has 0 unspecified atom stereocenters. The highest BCUT2D eigenvalue weighted by Crippen LogP contribution is 2.29. The molecule has 0 atom stereocenters. The zero-order valence-electron chi connectivity index (χ0n) is 14.0. The van der Waals surface area contributed by atoms with Crippen molar-refractivity contribution in [3.63, 3.8) is 0 Å². The van der Waals surface area contributed by atoms with Crippen LogP contribution in [0.1, 0.15) is 18.4 Å². The van der Waals surface area contributed by atoms with E-state index in [0.717, 1.165) is 17.7 Å². The van der Waals surface area contributed by atoms with Gasteiger partial charge in [0.05, 0.1) is 11.4 Å². The van der Waals surface area contributed by atoms with Gasteiger partial charge >= 0.3 is 6.03 Å². The van der Waals surface area contributed by atoms with Gasteiger partial charge in [0.1, 0.15) is 0 Å². The van der Waals surface area contributed by atoms with Crippen molar-refractivity contribution in [1.82, 2.24) is 4.90 Å². The zero-order valence-corrected chi connectivity index (χ0v) is 14.8. The van der Waals surface area contributed by atoms with Gasteiger partial charge in [-0.3, -0.25) is 4.79 Å². The van der Waals surface area contributed by atoms with Gasteiger partial charge in [0.15, 0.2) is 0 Å². The molecule has 0 spiro atoms. The highest BCUT2D eigenvalue weighted by molar-refractivity contribution is 6.30. The summed E-state index contributed by atoms with van der Waals surface area (Å²) >= 11 is 5.99. The number of hydrogen-bond donors (Lipinski definition) is 1. The Morgan fingerprint density at radius 3 is 2.76 bits per heavy atom. The van der Waals surface area contributed by atoms with Crippen LogP contribution in [0.25, 0.3) is 0 Å². The second-order valence-corrected chi connectivity index (χ2v) is 6.52. The molecule has 1 saturated heterocycles. The van der Waals surface area contributed by atoms with E-state index in [1.165, 1.54) is 0 Å². The molecule has 25 heavy (non-hydrogen) atoms. The molecular formula is C19H20ClN3O2. The summed E-state index contributed by atoms with van der Waals surface area (Å²) < 4.78 is 0. The Morgan fingerprint density at radius 2 is 2.04 bits per heavy atom. The van der Waals surface area contributed by atoms with Crippen LogP contribution in [0.3, 0.4) is 0 Å². The Hall–Kier alpha value is -2.53. The number of para-hydroxylation sites is 2. The molecule has 130 valence electrons. The summed E-state index contributed by atoms with van der Waals surface area (Å²) in [5.41, 5.74) is 2.34. The van der Waals surface area contributed by atoms with Gasteiger partial charge in [-0.1, -0.05) is 35.9 Å². The smallest absolute Gasteiger partial charge is 0.321 e. The Morgan fingerprint density at radius 1 is 1.24 bits per heavy atom. The number of benzene rings is 2. The SMILES string of the molecule is CN(Cc1cccc(Cl)c1)C(=O)Nc1ccccc1N1CCCC1=O. The van der Waals surface area contributed by atoms with Crippen LogP contribution < -0.4 is 10.2 Å². The third-order valence-corrected chi connectivity index (χ3v) is 4.40. The minimum absolute atomic E-state index is 0.0916. The topological polar surface area (TPSA) is 52.7 Å². The van der Waals surface area contributed by atoms with Crippen LogP contribution in [0.5, 0.6) is 0 Å². The van der Waals surface area contributed by atoms with Crippen LogP contribution in [-0.2, 0) is 11.3 Å². The molecule has 1 N–H and O–H groups in total. The van der Waals surface area contributed by atoms with Crippen molar-refractivity contribution in [3.05, 3.63) is 59.1 Å². The summed E-state index contributed by atoms with van der Waals surface area (Å²) in [6.07, 6.45) is 1.40. The molecule has 2 aromatic carbocycles. The van der Waals surface area contributed by atoms with Gasteiger partial charge in [0, 0.05) is 31.6 Å². The fourth-order valence-electron chi connectivity index (χ4n) is 2.91. The number of hydrogen-bond acceptors (Lipinski definition) is 2. The first-order chi connectivity index (χ1) is 12.0. The molecule has 1 heterocycles. The molecular weight excluding hydrogens is 338 g/mol. The molecule has 1 aliphatic heterocycles. The fraction of sp³-hybridized carbons (Fsp3) is 0.263. The normalized spacial score (nSPS) is 13.8. The maximum Gasteiger partial charge on any atom is 0.321 e. The Kier molecular flexibility index (Phi) is 5.24. The molecule has 1 aliphatic rings. The van der Waals surface area contributed by atoms with Crippen molar-refractivity contribution in [2.45, 2.75) is 19.4 Å². The highest BCUT2D eigenvalue weighted by Gasteiger charge is 2.24. The van der Waals surface area contributed by atoms with Gasteiger partial charge < -0.3 is 15.1 Å². The average Bonchev–Trinajstić information content (AvgIpc) is 3.01. The number of carbonyl (C=O) groups is 2. The predicted molar refractivity (Wildman–Crippen MR) is 100.0 cm³/mol. The summed E-state index contributed by atoms with van der Waals surface area (Å²) in [4.78, 5) is 27.8. The third-order valence-electron chi connectivity index (χ3n) is 4.17. The van der Waals surface area contributed by atoms with Crippen molar-refractivity contribution in [2.75, 3.05) is 23.8 Å². The number of halogens is 1. The molecule has 2 aromatic rings. The van der Waals surface area contributed by atoms with E-state index in [1.807, 2.05) is 42.5 Å². The first-order valence-electron chi connectivity index (χ1n) is 8.20. The largest absolute Gasteiger partial charge is 0.323 e. The van der Waals surface area contributed by atoms with E-state index >= 15 is 0 Å². The minimum atomic E-state index is -0.237. The summed E-state index contributed by atoms with van der Waals surface area (Å²) in [7, 11) is 1.72. The van der Waals surface area contributed by atoms with Crippen LogP contribution in [0.2, 0.25) is 5.02 Å². The first-order valence-corrected chi connectivity index (χ1v) is 8.58. The molecule has 0 aromatic heterocycles. The lowest BCUT2D eigenvalue weighted by molar-refractivity contribution is -0.117. The maximum atomic E-state index is 12.5. The van der Waals surface area contributed by atoms with Gasteiger partial charge in [0.25, 0.3) is 0 Å². The van der Waals surface area contributed by atoms with Crippen LogP contribution in [0, 0.1) is 0 Å². The molecule has 3 rings (SSSR count). The van der Waals surface area contributed by atoms with E-state index in [-0.39, 0.29) is 11.9 Å². The van der Waals surface area contributed by atoms with Gasteiger partial charge in [-0.05, 0) is 36.2 Å². The van der Waals surface area contributed by atoms with Crippen molar-refractivity contribution < 1.29 is 9.59 Å². The number of amides is 3. The van der Waals surface area contributed by atoms with Crippen molar-refractivity contribution in [2.24, 2.45) is 0 Å². The van der Waals surface area contributed by atoms with E-state index in [2.05, 4.69) is 5.32 Å². The maximum absolute atomic E-state index is 12.5. The number of rotatable bonds is 4. The molecule has 0 bridgehead atoms. The van der Waals surface area contributed by atoms with Gasteiger partial charge in [0.2, 0.25) is 5.91 Å². The monoisotopic (exact) mass is 357 g/mol. The molecule has 1 fully saturated rings. The third kappa shape index (κ3) is 4.12. The van der Waals surface area contributed by atoms with Crippen LogP contribution in [0.4, 0.5) is 16.2 Å². The zero-order chi connectivity index (χ0) is 17.8. The predicted octanol–water partition coefficient (Wildman–Crippen LogP) is 4.13. The number of nitrogens with one attached hydrogen (secondary N) is 1. The number of anilines is 2. The molecule has 0 saturated carbocycles. The summed E-state index contributed by atoms with van der Waals surface area (Å²) in [6.45, 7) is 1.13. The Labute approximate surface area is 152 Å². The van der Waals surface area contributed by atoms with Crippen LogP contribution in [-0.4, -0.2) is 30.4 Å². The number of urea groups is 1. The van der Waals surface area contributed by atoms with E-state index in [0.29, 0.717) is 30.2 Å². The summed E-state index contributed by atoms with van der Waals surface area (Å²) in [5, 5.41) is 3.55. The highest BCUT2D eigenvalue weighted by atomic mass is 35.5. The van der Waals surface area contributed by atoms with E-state index < -0.39 is 0 Å². The second kappa shape index (κ2) is 7.57. The Bertz CT molecular complexity index is 794. The average molecular weight is 358 g/mol. The van der Waals surface area contributed by atoms with Gasteiger partial charge in [-0.25, -0.2) is 4.79 Å². The van der Waals surface area contributed by atoms with E-state index in [9.17, 15) is 9.59 Å². The number of carbonyl (C=O) groups excluding carboxylic acids is 2. The van der Waals surface area contributed by atoms with Crippen molar-refractivity contribution in [3.8, 4) is 0 Å². The molecule has 6 heteroatoms. The number of nitrogens with zero attached hydrogens (tertiary/aromatic N) is 2. The Balaban J connectivity index is 1.71. The summed E-state index contributed by atoms with van der Waals surface area (Å²) in [5.74, 6) is 0.0916. The van der Waals surface area contributed by atoms with Gasteiger partial charge in [-0.2, -0.15) is 0 Å². The lowest BCUT2D eigenvalue weighted by atomic mass is 10.2. The standard InChI is InChI=1S/C19H20ClN3O2/c1-22(13-14-6-4-7-15(20)12-14)19(25)21-16-8-2-3-9-17(16)23-11-5-10-18(23)24/h2-4,6-9,12H,5,10-11,13H2,1H3,(H,21,25). The van der Waals surface area contributed by atoms with Crippen molar-refractivity contribution >= 4 is 34.9 Å². The van der Waals surface area contributed by atoms with E-state index in [1.54, 1.807) is 22.9 Å².